The van der Waals surface area contributed by atoms with Crippen LogP contribution in [0.2, 0.25) is 0 Å². The summed E-state index contributed by atoms with van der Waals surface area (Å²) in [6.07, 6.45) is 1.98. The number of hydrogen-bond acceptors (Lipinski definition) is 0. The standard InChI is InChI=1S/C11H12N.Y/c1-8-6-10-4-5-12(3)11(10)7-9(8)2;/h5-7H,1-3H3;/q-1;. The van der Waals surface area contributed by atoms with Gasteiger partial charge in [0.2, 0.25) is 0 Å². The third kappa shape index (κ3) is 1.87. The van der Waals surface area contributed by atoms with Gasteiger partial charge in [0, 0.05) is 32.7 Å². The molecule has 1 heterocycles. The Morgan fingerprint density at radius 3 is 2.46 bits per heavy atom. The minimum Gasteiger partial charge on any atom is -0.414 e. The molecule has 2 aromatic rings. The van der Waals surface area contributed by atoms with Crippen molar-refractivity contribution in [1.82, 2.24) is 4.57 Å². The molecule has 0 amide bonds. The summed E-state index contributed by atoms with van der Waals surface area (Å²) < 4.78 is 2.10. The molecule has 0 spiro atoms. The van der Waals surface area contributed by atoms with Gasteiger partial charge in [-0.15, -0.1) is 5.56 Å². The van der Waals surface area contributed by atoms with Gasteiger partial charge in [-0.2, -0.15) is 17.5 Å². The molecule has 0 fully saturated rings. The quantitative estimate of drug-likeness (QED) is 0.630. The molecular weight excluding hydrogens is 235 g/mol. The van der Waals surface area contributed by atoms with Gasteiger partial charge in [-0.1, -0.05) is 30.3 Å². The minimum atomic E-state index is 0. The maximum absolute atomic E-state index is 3.22. The predicted molar refractivity (Wildman–Crippen MR) is 51.2 cm³/mol. The molecule has 0 unspecified atom stereocenters. The van der Waals surface area contributed by atoms with Gasteiger partial charge in [0.25, 0.3) is 0 Å². The molecule has 65 valence electrons. The van der Waals surface area contributed by atoms with Crippen LogP contribution < -0.4 is 0 Å². The summed E-state index contributed by atoms with van der Waals surface area (Å²) in [6.45, 7) is 4.28. The van der Waals surface area contributed by atoms with E-state index in [-0.39, 0.29) is 32.7 Å². The van der Waals surface area contributed by atoms with Crippen LogP contribution in [0.4, 0.5) is 0 Å². The second-order valence-corrected chi connectivity index (χ2v) is 3.34. The van der Waals surface area contributed by atoms with Crippen molar-refractivity contribution in [2.45, 2.75) is 13.8 Å². The Labute approximate surface area is 104 Å². The number of rotatable bonds is 0. The van der Waals surface area contributed by atoms with Crippen molar-refractivity contribution in [3.8, 4) is 0 Å². The second-order valence-electron chi connectivity index (χ2n) is 3.34. The van der Waals surface area contributed by atoms with Gasteiger partial charge in [0.05, 0.1) is 0 Å². The molecule has 1 aromatic carbocycles. The van der Waals surface area contributed by atoms with E-state index in [4.69, 9.17) is 0 Å². The van der Waals surface area contributed by atoms with E-state index in [1.54, 1.807) is 0 Å². The van der Waals surface area contributed by atoms with Crippen molar-refractivity contribution in [1.29, 1.82) is 0 Å². The monoisotopic (exact) mass is 247 g/mol. The third-order valence-electron chi connectivity index (χ3n) is 2.41. The zero-order chi connectivity index (χ0) is 8.72. The normalized spacial score (nSPS) is 10.1. The van der Waals surface area contributed by atoms with Crippen molar-refractivity contribution in [3.63, 3.8) is 0 Å². The van der Waals surface area contributed by atoms with Gasteiger partial charge in [-0.25, -0.2) is 0 Å². The Bertz CT molecular complexity index is 429. The van der Waals surface area contributed by atoms with Gasteiger partial charge in [0.15, 0.2) is 0 Å². The summed E-state index contributed by atoms with van der Waals surface area (Å²) in [5.74, 6) is 0. The van der Waals surface area contributed by atoms with Crippen LogP contribution in [-0.2, 0) is 39.8 Å². The van der Waals surface area contributed by atoms with E-state index in [0.29, 0.717) is 0 Å². The van der Waals surface area contributed by atoms with Crippen LogP contribution in [-0.4, -0.2) is 4.57 Å². The molecule has 2 rings (SSSR count). The SMILES string of the molecule is Cc1cc2[c-]cn(C)c2cc1C.[Y]. The van der Waals surface area contributed by atoms with E-state index in [9.17, 15) is 0 Å². The molecule has 1 radical (unpaired) electrons. The number of nitrogens with zero attached hydrogens (tertiary/aromatic N) is 1. The van der Waals surface area contributed by atoms with Crippen LogP contribution in [0.5, 0.6) is 0 Å². The number of benzene rings is 1. The van der Waals surface area contributed by atoms with Crippen LogP contribution >= 0.6 is 0 Å². The summed E-state index contributed by atoms with van der Waals surface area (Å²) >= 11 is 0. The van der Waals surface area contributed by atoms with Crippen molar-refractivity contribution >= 4 is 10.9 Å². The van der Waals surface area contributed by atoms with E-state index >= 15 is 0 Å². The van der Waals surface area contributed by atoms with Crippen molar-refractivity contribution in [3.05, 3.63) is 35.5 Å². The fourth-order valence-corrected chi connectivity index (χ4v) is 1.44. The molecule has 13 heavy (non-hydrogen) atoms. The number of fused-ring (bicyclic) bond motifs is 1. The first-order valence-electron chi connectivity index (χ1n) is 4.12. The van der Waals surface area contributed by atoms with E-state index in [1.807, 2.05) is 13.2 Å². The Balaban J connectivity index is 0.000000845. The zero-order valence-corrected chi connectivity index (χ0v) is 11.1. The number of hydrogen-bond donors (Lipinski definition) is 0. The van der Waals surface area contributed by atoms with Crippen LogP contribution in [0, 0.1) is 19.9 Å². The van der Waals surface area contributed by atoms with Crippen molar-refractivity contribution in [2.24, 2.45) is 7.05 Å². The maximum Gasteiger partial charge on any atom is 0 e. The van der Waals surface area contributed by atoms with Gasteiger partial charge < -0.3 is 4.57 Å². The summed E-state index contributed by atoms with van der Waals surface area (Å²) in [5.41, 5.74) is 3.95. The Kier molecular flexibility index (Phi) is 3.31. The Morgan fingerprint density at radius 2 is 1.77 bits per heavy atom. The molecule has 0 aliphatic heterocycles. The molecule has 2 heteroatoms. The predicted octanol–water partition coefficient (Wildman–Crippen LogP) is 2.59. The average Bonchev–Trinajstić information content (AvgIpc) is 2.35. The smallest absolute Gasteiger partial charge is 0 e. The molecule has 1 nitrogen and oxygen atoms in total. The van der Waals surface area contributed by atoms with Gasteiger partial charge in [-0.3, -0.25) is 0 Å². The first-order valence-corrected chi connectivity index (χ1v) is 4.12. The fraction of sp³-hybridized carbons (Fsp3) is 0.273. The van der Waals surface area contributed by atoms with E-state index in [2.05, 4.69) is 36.6 Å². The fourth-order valence-electron chi connectivity index (χ4n) is 1.44. The Morgan fingerprint density at radius 1 is 1.15 bits per heavy atom. The summed E-state index contributed by atoms with van der Waals surface area (Å²) in [5, 5.41) is 1.21. The first-order chi connectivity index (χ1) is 5.68. The van der Waals surface area contributed by atoms with Gasteiger partial charge in [-0.05, 0) is 14.0 Å². The molecular formula is C11H12NY-. The van der Waals surface area contributed by atoms with Gasteiger partial charge in [0.1, 0.15) is 0 Å². The van der Waals surface area contributed by atoms with Gasteiger partial charge >= 0.3 is 0 Å². The molecule has 0 N–H and O–H groups in total. The average molecular weight is 247 g/mol. The van der Waals surface area contributed by atoms with Crippen LogP contribution in [0.3, 0.4) is 0 Å². The molecule has 0 atom stereocenters. The summed E-state index contributed by atoms with van der Waals surface area (Å²) in [6, 6.07) is 7.61. The minimum absolute atomic E-state index is 0. The second kappa shape index (κ2) is 3.93. The molecule has 0 aliphatic rings. The van der Waals surface area contributed by atoms with Crippen LogP contribution in [0.25, 0.3) is 10.9 Å². The molecule has 0 aliphatic carbocycles. The van der Waals surface area contributed by atoms with E-state index in [1.165, 1.54) is 22.0 Å². The van der Waals surface area contributed by atoms with Crippen LogP contribution in [0.1, 0.15) is 11.1 Å². The zero-order valence-electron chi connectivity index (χ0n) is 8.26. The van der Waals surface area contributed by atoms with E-state index in [0.717, 1.165) is 0 Å². The van der Waals surface area contributed by atoms with Crippen LogP contribution in [0.15, 0.2) is 18.3 Å². The number of aromatic nitrogens is 1. The molecule has 0 saturated heterocycles. The Hall–Kier alpha value is -0.136. The molecule has 0 saturated carbocycles. The van der Waals surface area contributed by atoms with Crippen molar-refractivity contribution in [2.75, 3.05) is 0 Å². The third-order valence-corrected chi connectivity index (χ3v) is 2.41. The first kappa shape index (κ1) is 10.9. The molecule has 0 bridgehead atoms. The maximum atomic E-state index is 3.22. The number of aryl methyl sites for hydroxylation is 3. The summed E-state index contributed by atoms with van der Waals surface area (Å²) in [4.78, 5) is 0. The molecule has 1 aromatic heterocycles. The summed E-state index contributed by atoms with van der Waals surface area (Å²) in [7, 11) is 2.05. The topological polar surface area (TPSA) is 4.93 Å². The van der Waals surface area contributed by atoms with Crippen molar-refractivity contribution < 1.29 is 32.7 Å². The largest absolute Gasteiger partial charge is 0.414 e. The van der Waals surface area contributed by atoms with E-state index < -0.39 is 0 Å².